The van der Waals surface area contributed by atoms with Crippen molar-refractivity contribution in [3.63, 3.8) is 0 Å². The molecule has 1 aromatic carbocycles. The number of non-ortho nitro benzene ring substituents is 1. The van der Waals surface area contributed by atoms with Gasteiger partial charge in [0.1, 0.15) is 0 Å². The van der Waals surface area contributed by atoms with Crippen molar-refractivity contribution < 1.29 is 4.92 Å². The monoisotopic (exact) mass is 326 g/mol. The largest absolute Gasteiger partial charge is 0.384 e. The first kappa shape index (κ1) is 14.3. The number of rotatable bonds is 4. The van der Waals surface area contributed by atoms with Crippen LogP contribution in [0, 0.1) is 26.9 Å². The van der Waals surface area contributed by atoms with Crippen LogP contribution in [0.3, 0.4) is 0 Å². The molecule has 2 rings (SSSR count). The Hall–Kier alpha value is -1.10. The van der Waals surface area contributed by atoms with Gasteiger partial charge in [0.25, 0.3) is 5.69 Å². The van der Waals surface area contributed by atoms with Crippen LogP contribution in [-0.4, -0.2) is 11.5 Å². The highest BCUT2D eigenvalue weighted by atomic mass is 79.9. The van der Waals surface area contributed by atoms with Crippen LogP contribution in [-0.2, 0) is 0 Å². The summed E-state index contributed by atoms with van der Waals surface area (Å²) < 4.78 is 0.734. The van der Waals surface area contributed by atoms with Crippen LogP contribution in [0.2, 0.25) is 0 Å². The molecule has 1 saturated carbocycles. The number of nitrogens with zero attached hydrogens (tertiary/aromatic N) is 1. The fraction of sp³-hybridized carbons (Fsp3) is 0.571. The standard InChI is InChI=1S/C14H19BrN2O2/c1-13(2)12(14(13,3)4)8-16-11-6-5-9(17(18)19)7-10(11)15/h5-7,12,16H,8H2,1-4H3. The van der Waals surface area contributed by atoms with E-state index in [-0.39, 0.29) is 10.6 Å². The Morgan fingerprint density at radius 2 is 1.89 bits per heavy atom. The van der Waals surface area contributed by atoms with E-state index < -0.39 is 0 Å². The maximum absolute atomic E-state index is 10.7. The van der Waals surface area contributed by atoms with Crippen molar-refractivity contribution in [2.75, 3.05) is 11.9 Å². The van der Waals surface area contributed by atoms with Gasteiger partial charge in [0, 0.05) is 28.8 Å². The van der Waals surface area contributed by atoms with E-state index in [1.807, 2.05) is 0 Å². The van der Waals surface area contributed by atoms with Crippen LogP contribution < -0.4 is 5.32 Å². The average molecular weight is 327 g/mol. The van der Waals surface area contributed by atoms with Crippen LogP contribution in [0.1, 0.15) is 27.7 Å². The number of hydrogen-bond acceptors (Lipinski definition) is 3. The van der Waals surface area contributed by atoms with Gasteiger partial charge < -0.3 is 5.32 Å². The molecule has 0 saturated heterocycles. The smallest absolute Gasteiger partial charge is 0.270 e. The highest BCUT2D eigenvalue weighted by Gasteiger charge is 2.64. The molecule has 0 bridgehead atoms. The molecular weight excluding hydrogens is 308 g/mol. The Balaban J connectivity index is 2.04. The lowest BCUT2D eigenvalue weighted by molar-refractivity contribution is -0.384. The predicted molar refractivity (Wildman–Crippen MR) is 80.3 cm³/mol. The van der Waals surface area contributed by atoms with Gasteiger partial charge in [-0.05, 0) is 38.7 Å². The summed E-state index contributed by atoms with van der Waals surface area (Å²) in [6.45, 7) is 10.0. The minimum atomic E-state index is -0.387. The van der Waals surface area contributed by atoms with E-state index in [0.717, 1.165) is 16.7 Å². The Bertz CT molecular complexity index is 512. The van der Waals surface area contributed by atoms with Crippen LogP contribution in [0.15, 0.2) is 22.7 Å². The maximum Gasteiger partial charge on any atom is 0.270 e. The van der Waals surface area contributed by atoms with Gasteiger partial charge in [-0.15, -0.1) is 0 Å². The number of halogens is 1. The summed E-state index contributed by atoms with van der Waals surface area (Å²) >= 11 is 3.38. The third-order valence-corrected chi connectivity index (χ3v) is 5.64. The number of nitro groups is 1. The lowest BCUT2D eigenvalue weighted by atomic mass is 10.0. The molecule has 0 amide bonds. The highest BCUT2D eigenvalue weighted by Crippen LogP contribution is 2.68. The number of anilines is 1. The zero-order valence-electron chi connectivity index (χ0n) is 11.7. The molecule has 1 N–H and O–H groups in total. The van der Waals surface area contributed by atoms with Gasteiger partial charge in [0.15, 0.2) is 0 Å². The van der Waals surface area contributed by atoms with E-state index in [1.165, 1.54) is 12.1 Å². The summed E-state index contributed by atoms with van der Waals surface area (Å²) in [7, 11) is 0. The summed E-state index contributed by atoms with van der Waals surface area (Å²) in [4.78, 5) is 10.3. The molecule has 0 spiro atoms. The lowest BCUT2D eigenvalue weighted by Crippen LogP contribution is -2.08. The van der Waals surface area contributed by atoms with Crippen molar-refractivity contribution in [3.8, 4) is 0 Å². The van der Waals surface area contributed by atoms with Crippen molar-refractivity contribution in [2.24, 2.45) is 16.7 Å². The number of nitrogens with one attached hydrogen (secondary N) is 1. The van der Waals surface area contributed by atoms with Crippen molar-refractivity contribution in [2.45, 2.75) is 27.7 Å². The third kappa shape index (κ3) is 2.36. The molecule has 104 valence electrons. The molecule has 0 radical (unpaired) electrons. The molecule has 4 nitrogen and oxygen atoms in total. The van der Waals surface area contributed by atoms with Gasteiger partial charge in [0.05, 0.1) is 4.92 Å². The molecular formula is C14H19BrN2O2. The quantitative estimate of drug-likeness (QED) is 0.656. The van der Waals surface area contributed by atoms with Crippen molar-refractivity contribution in [3.05, 3.63) is 32.8 Å². The van der Waals surface area contributed by atoms with Gasteiger partial charge in [-0.3, -0.25) is 10.1 Å². The van der Waals surface area contributed by atoms with E-state index in [9.17, 15) is 10.1 Å². The molecule has 1 aliphatic carbocycles. The first-order valence-corrected chi connectivity index (χ1v) is 7.15. The van der Waals surface area contributed by atoms with Gasteiger partial charge in [-0.25, -0.2) is 0 Å². The van der Waals surface area contributed by atoms with E-state index in [4.69, 9.17) is 0 Å². The zero-order chi connectivity index (χ0) is 14.4. The Morgan fingerprint density at radius 3 is 2.32 bits per heavy atom. The number of benzene rings is 1. The fourth-order valence-electron chi connectivity index (χ4n) is 2.82. The van der Waals surface area contributed by atoms with Gasteiger partial charge in [0.2, 0.25) is 0 Å². The molecule has 1 fully saturated rings. The van der Waals surface area contributed by atoms with E-state index in [1.54, 1.807) is 6.07 Å². The first-order chi connectivity index (χ1) is 8.68. The number of nitro benzene ring substituents is 1. The normalized spacial score (nSPS) is 20.1. The van der Waals surface area contributed by atoms with Crippen LogP contribution in [0.25, 0.3) is 0 Å². The molecule has 5 heteroatoms. The maximum atomic E-state index is 10.7. The van der Waals surface area contributed by atoms with Crippen molar-refractivity contribution >= 4 is 27.3 Å². The Kier molecular flexibility index (Phi) is 3.37. The van der Waals surface area contributed by atoms with Crippen molar-refractivity contribution in [1.29, 1.82) is 0 Å². The van der Waals surface area contributed by atoms with Crippen molar-refractivity contribution in [1.82, 2.24) is 0 Å². The number of hydrogen-bond donors (Lipinski definition) is 1. The SMILES string of the molecule is CC1(C)C(CNc2ccc([N+](=O)[O-])cc2Br)C1(C)C. The summed E-state index contributed by atoms with van der Waals surface area (Å²) in [6, 6.07) is 4.81. The molecule has 0 unspecified atom stereocenters. The third-order valence-electron chi connectivity index (χ3n) is 4.98. The zero-order valence-corrected chi connectivity index (χ0v) is 13.2. The second-order valence-electron chi connectivity index (χ2n) is 6.30. The van der Waals surface area contributed by atoms with E-state index in [0.29, 0.717) is 16.7 Å². The molecule has 19 heavy (non-hydrogen) atoms. The van der Waals surface area contributed by atoms with Gasteiger partial charge >= 0.3 is 0 Å². The van der Waals surface area contributed by atoms with E-state index in [2.05, 4.69) is 48.9 Å². The fourth-order valence-corrected chi connectivity index (χ4v) is 3.32. The predicted octanol–water partition coefficient (Wildman–Crippen LogP) is 4.45. The molecule has 1 aromatic rings. The Labute approximate surface area is 121 Å². The highest BCUT2D eigenvalue weighted by molar-refractivity contribution is 9.10. The second-order valence-corrected chi connectivity index (χ2v) is 7.15. The summed E-state index contributed by atoms with van der Waals surface area (Å²) in [5, 5.41) is 14.1. The summed E-state index contributed by atoms with van der Waals surface area (Å²) in [5.41, 5.74) is 1.69. The first-order valence-electron chi connectivity index (χ1n) is 6.35. The van der Waals surface area contributed by atoms with E-state index >= 15 is 0 Å². The van der Waals surface area contributed by atoms with Crippen LogP contribution in [0.5, 0.6) is 0 Å². The minimum Gasteiger partial charge on any atom is -0.384 e. The summed E-state index contributed by atoms with van der Waals surface area (Å²) in [6.07, 6.45) is 0. The Morgan fingerprint density at radius 1 is 1.32 bits per heavy atom. The van der Waals surface area contributed by atoms with Gasteiger partial charge in [-0.1, -0.05) is 27.7 Å². The molecule has 0 heterocycles. The summed E-state index contributed by atoms with van der Waals surface area (Å²) in [5.74, 6) is 0.613. The average Bonchev–Trinajstić information content (AvgIpc) is 2.68. The topological polar surface area (TPSA) is 55.2 Å². The van der Waals surface area contributed by atoms with Gasteiger partial charge in [-0.2, -0.15) is 0 Å². The molecule has 0 aliphatic heterocycles. The lowest BCUT2D eigenvalue weighted by Gasteiger charge is -2.09. The second kappa shape index (κ2) is 4.47. The van der Waals surface area contributed by atoms with Crippen LogP contribution >= 0.6 is 15.9 Å². The minimum absolute atomic E-state index is 0.101. The molecule has 0 atom stereocenters. The molecule has 1 aliphatic rings. The van der Waals surface area contributed by atoms with Crippen LogP contribution in [0.4, 0.5) is 11.4 Å². The molecule has 0 aromatic heterocycles.